The lowest BCUT2D eigenvalue weighted by Crippen LogP contribution is -2.06. The molecular formula is C37H22N6S. The van der Waals surface area contributed by atoms with E-state index in [1.54, 1.807) is 17.7 Å². The van der Waals surface area contributed by atoms with Gasteiger partial charge in [0.1, 0.15) is 11.2 Å². The Morgan fingerprint density at radius 2 is 1.14 bits per heavy atom. The standard InChI is InChI=1S/C37H22N6S/c1-3-9-23(10-4-1)24-15-17-26(18-16-24)35-40-34(25-11-5-2-6-12-25)41-37(42-35)43-30-14-8-7-13-28(30)32-31(43)20-19-27-29-21-38-22-39-36(29)44-33(27)32/h1-22H. The van der Waals surface area contributed by atoms with E-state index >= 15 is 0 Å². The van der Waals surface area contributed by atoms with Gasteiger partial charge in [-0.05, 0) is 23.3 Å². The predicted molar refractivity (Wildman–Crippen MR) is 179 cm³/mol. The summed E-state index contributed by atoms with van der Waals surface area (Å²) < 4.78 is 3.35. The van der Waals surface area contributed by atoms with Crippen LogP contribution in [0.1, 0.15) is 0 Å². The molecule has 6 nitrogen and oxygen atoms in total. The molecule has 0 aliphatic rings. The molecule has 0 bridgehead atoms. The number of hydrogen-bond donors (Lipinski definition) is 0. The van der Waals surface area contributed by atoms with Crippen LogP contribution < -0.4 is 0 Å². The molecule has 0 amide bonds. The Bertz CT molecular complexity index is 2480. The molecule has 0 saturated carbocycles. The van der Waals surface area contributed by atoms with Gasteiger partial charge < -0.3 is 0 Å². The van der Waals surface area contributed by atoms with Gasteiger partial charge in [-0.1, -0.05) is 109 Å². The van der Waals surface area contributed by atoms with Crippen molar-refractivity contribution >= 4 is 53.4 Å². The van der Waals surface area contributed by atoms with Gasteiger partial charge in [0.05, 0.1) is 11.0 Å². The molecule has 0 aliphatic carbocycles. The lowest BCUT2D eigenvalue weighted by atomic mass is 10.0. The van der Waals surface area contributed by atoms with Gasteiger partial charge >= 0.3 is 0 Å². The molecule has 4 aromatic heterocycles. The highest BCUT2D eigenvalue weighted by Gasteiger charge is 2.20. The summed E-state index contributed by atoms with van der Waals surface area (Å²) in [6, 6.07) is 41.7. The first-order valence-corrected chi connectivity index (χ1v) is 15.2. The Balaban J connectivity index is 1.30. The van der Waals surface area contributed by atoms with Gasteiger partial charge in [-0.2, -0.15) is 9.97 Å². The molecule has 5 aromatic carbocycles. The van der Waals surface area contributed by atoms with Crippen molar-refractivity contribution in [2.24, 2.45) is 0 Å². The molecular weight excluding hydrogens is 561 g/mol. The highest BCUT2D eigenvalue weighted by Crippen LogP contribution is 2.42. The van der Waals surface area contributed by atoms with Crippen molar-refractivity contribution in [1.29, 1.82) is 0 Å². The molecule has 44 heavy (non-hydrogen) atoms. The maximum Gasteiger partial charge on any atom is 0.238 e. The minimum absolute atomic E-state index is 0.576. The summed E-state index contributed by atoms with van der Waals surface area (Å²) in [5, 5.41) is 4.53. The van der Waals surface area contributed by atoms with Crippen LogP contribution >= 0.6 is 11.3 Å². The molecule has 0 saturated heterocycles. The van der Waals surface area contributed by atoms with E-state index in [1.165, 1.54) is 10.3 Å². The van der Waals surface area contributed by atoms with Crippen molar-refractivity contribution in [2.45, 2.75) is 0 Å². The average molecular weight is 583 g/mol. The van der Waals surface area contributed by atoms with Crippen LogP contribution in [0.15, 0.2) is 134 Å². The Hall–Kier alpha value is -5.79. The van der Waals surface area contributed by atoms with Gasteiger partial charge in [0.2, 0.25) is 5.95 Å². The third-order valence-electron chi connectivity index (χ3n) is 8.06. The predicted octanol–water partition coefficient (Wildman–Crippen LogP) is 9.13. The maximum absolute atomic E-state index is 5.12. The monoisotopic (exact) mass is 582 g/mol. The second-order valence-corrected chi connectivity index (χ2v) is 11.6. The molecule has 9 aromatic rings. The summed E-state index contributed by atoms with van der Waals surface area (Å²) in [5.74, 6) is 1.83. The summed E-state index contributed by atoms with van der Waals surface area (Å²) >= 11 is 1.70. The molecule has 4 heterocycles. The minimum Gasteiger partial charge on any atom is -0.278 e. The third kappa shape index (κ3) is 3.91. The normalized spacial score (nSPS) is 11.6. The zero-order chi connectivity index (χ0) is 29.0. The minimum atomic E-state index is 0.576. The van der Waals surface area contributed by atoms with E-state index in [2.05, 4.69) is 99.5 Å². The zero-order valence-electron chi connectivity index (χ0n) is 23.3. The zero-order valence-corrected chi connectivity index (χ0v) is 24.1. The smallest absolute Gasteiger partial charge is 0.238 e. The van der Waals surface area contributed by atoms with Crippen LogP contribution in [0.5, 0.6) is 0 Å². The van der Waals surface area contributed by atoms with Gasteiger partial charge in [0.25, 0.3) is 0 Å². The largest absolute Gasteiger partial charge is 0.278 e. The number of nitrogens with zero attached hydrogens (tertiary/aromatic N) is 6. The lowest BCUT2D eigenvalue weighted by Gasteiger charge is -2.11. The summed E-state index contributed by atoms with van der Waals surface area (Å²) in [6.45, 7) is 0. The van der Waals surface area contributed by atoms with Crippen molar-refractivity contribution < 1.29 is 0 Å². The summed E-state index contributed by atoms with van der Waals surface area (Å²) in [6.07, 6.45) is 3.52. The number of fused-ring (bicyclic) bond motifs is 7. The van der Waals surface area contributed by atoms with E-state index in [-0.39, 0.29) is 0 Å². The van der Waals surface area contributed by atoms with Crippen molar-refractivity contribution in [3.05, 3.63) is 134 Å². The lowest BCUT2D eigenvalue weighted by molar-refractivity contribution is 0.953. The van der Waals surface area contributed by atoms with E-state index in [1.807, 2.05) is 42.6 Å². The second kappa shape index (κ2) is 9.90. The molecule has 0 N–H and O–H groups in total. The van der Waals surface area contributed by atoms with Gasteiger partial charge in [0.15, 0.2) is 11.6 Å². The molecule has 0 unspecified atom stereocenters. The quantitative estimate of drug-likeness (QED) is 0.207. The Labute approximate surface area is 256 Å². The maximum atomic E-state index is 5.12. The summed E-state index contributed by atoms with van der Waals surface area (Å²) in [4.78, 5) is 25.0. The van der Waals surface area contributed by atoms with Crippen LogP contribution in [-0.2, 0) is 0 Å². The first kappa shape index (κ1) is 24.8. The van der Waals surface area contributed by atoms with E-state index in [0.29, 0.717) is 17.6 Å². The van der Waals surface area contributed by atoms with Crippen LogP contribution in [0, 0.1) is 0 Å². The number of benzene rings is 5. The fourth-order valence-corrected chi connectivity index (χ4v) is 7.17. The topological polar surface area (TPSA) is 69.4 Å². The van der Waals surface area contributed by atoms with E-state index in [4.69, 9.17) is 15.0 Å². The number of thiophene rings is 1. The van der Waals surface area contributed by atoms with Crippen molar-refractivity contribution in [1.82, 2.24) is 29.5 Å². The number of para-hydroxylation sites is 1. The molecule has 0 spiro atoms. The van der Waals surface area contributed by atoms with Crippen LogP contribution in [0.25, 0.3) is 82.0 Å². The van der Waals surface area contributed by atoms with Crippen molar-refractivity contribution in [3.63, 3.8) is 0 Å². The van der Waals surface area contributed by atoms with E-state index < -0.39 is 0 Å². The molecule has 0 aliphatic heterocycles. The first-order chi connectivity index (χ1) is 21.8. The summed E-state index contributed by atoms with van der Waals surface area (Å²) in [7, 11) is 0. The molecule has 9 rings (SSSR count). The Morgan fingerprint density at radius 1 is 0.500 bits per heavy atom. The van der Waals surface area contributed by atoms with Crippen molar-refractivity contribution in [3.8, 4) is 39.9 Å². The molecule has 0 atom stereocenters. The fourth-order valence-electron chi connectivity index (χ4n) is 6.00. The molecule has 206 valence electrons. The highest BCUT2D eigenvalue weighted by atomic mass is 32.1. The number of hydrogen-bond acceptors (Lipinski definition) is 6. The Kier molecular flexibility index (Phi) is 5.57. The third-order valence-corrected chi connectivity index (χ3v) is 9.21. The number of rotatable bonds is 4. The van der Waals surface area contributed by atoms with Gasteiger partial charge in [-0.25, -0.2) is 15.0 Å². The van der Waals surface area contributed by atoms with Gasteiger partial charge in [-0.15, -0.1) is 11.3 Å². The van der Waals surface area contributed by atoms with E-state index in [0.717, 1.165) is 54.1 Å². The van der Waals surface area contributed by atoms with Gasteiger partial charge in [-0.3, -0.25) is 4.57 Å². The molecule has 7 heteroatoms. The van der Waals surface area contributed by atoms with Crippen molar-refractivity contribution in [2.75, 3.05) is 0 Å². The number of aromatic nitrogens is 6. The fraction of sp³-hybridized carbons (Fsp3) is 0. The van der Waals surface area contributed by atoms with Crippen LogP contribution in [0.2, 0.25) is 0 Å². The molecule has 0 fully saturated rings. The second-order valence-electron chi connectivity index (χ2n) is 10.6. The highest BCUT2D eigenvalue weighted by molar-refractivity contribution is 7.26. The Morgan fingerprint density at radius 3 is 1.91 bits per heavy atom. The van der Waals surface area contributed by atoms with Crippen LogP contribution in [0.3, 0.4) is 0 Å². The van der Waals surface area contributed by atoms with Crippen LogP contribution in [0.4, 0.5) is 0 Å². The average Bonchev–Trinajstić information content (AvgIpc) is 3.65. The first-order valence-electron chi connectivity index (χ1n) is 14.3. The van der Waals surface area contributed by atoms with E-state index in [9.17, 15) is 0 Å². The molecule has 0 radical (unpaired) electrons. The van der Waals surface area contributed by atoms with Crippen LogP contribution in [-0.4, -0.2) is 29.5 Å². The summed E-state index contributed by atoms with van der Waals surface area (Å²) in [5.41, 5.74) is 6.25. The van der Waals surface area contributed by atoms with Gasteiger partial charge in [0, 0.05) is 43.6 Å². The SMILES string of the molecule is c1ccc(-c2ccc(-c3nc(-c4ccccc4)nc(-n4c5ccccc5c5c6sc7ncncc7c6ccc54)n3)cc2)cc1.